The number of fused-ring (bicyclic) bond motifs is 4. The van der Waals surface area contributed by atoms with Gasteiger partial charge in [0.1, 0.15) is 5.75 Å². The number of hydrogen-bond donors (Lipinski definition) is 2. The number of carbonyl (C=O) groups is 4. The average molecular weight is 607 g/mol. The first-order chi connectivity index (χ1) is 22.3. The molecule has 226 valence electrons. The lowest BCUT2D eigenvalue weighted by Gasteiger charge is -2.42. The quantitative estimate of drug-likeness (QED) is 0.148. The molecule has 4 aliphatic rings. The van der Waals surface area contributed by atoms with Crippen molar-refractivity contribution in [2.24, 2.45) is 17.8 Å². The van der Waals surface area contributed by atoms with E-state index in [1.54, 1.807) is 19.1 Å². The first kappa shape index (κ1) is 28.0. The predicted molar refractivity (Wildman–Crippen MR) is 176 cm³/mol. The van der Waals surface area contributed by atoms with Crippen LogP contribution in [-0.4, -0.2) is 28.5 Å². The minimum absolute atomic E-state index is 0.0461. The van der Waals surface area contributed by atoms with Gasteiger partial charge in [0.25, 0.3) is 0 Å². The van der Waals surface area contributed by atoms with Crippen molar-refractivity contribution < 1.29 is 24.3 Å². The monoisotopic (exact) mass is 606 g/mol. The van der Waals surface area contributed by atoms with Crippen molar-refractivity contribution in [1.82, 2.24) is 0 Å². The van der Waals surface area contributed by atoms with Gasteiger partial charge in [-0.1, -0.05) is 66.2 Å². The Kier molecular flexibility index (Phi) is 6.39. The molecule has 1 saturated heterocycles. The van der Waals surface area contributed by atoms with Crippen LogP contribution in [0, 0.1) is 17.8 Å². The molecule has 3 aliphatic carbocycles. The van der Waals surface area contributed by atoms with Crippen LogP contribution < -0.4 is 10.2 Å². The lowest BCUT2D eigenvalue weighted by Crippen LogP contribution is -2.39. The average Bonchev–Trinajstić information content (AvgIpc) is 3.33. The number of benzene rings is 4. The van der Waals surface area contributed by atoms with Crippen LogP contribution in [0.25, 0.3) is 10.8 Å². The lowest BCUT2D eigenvalue weighted by molar-refractivity contribution is -0.123. The Bertz CT molecular complexity index is 2090. The molecule has 1 heterocycles. The number of imide groups is 1. The Morgan fingerprint density at radius 1 is 0.783 bits per heavy atom. The van der Waals surface area contributed by atoms with E-state index in [9.17, 15) is 24.3 Å². The number of para-hydroxylation sites is 1. The number of rotatable bonds is 4. The summed E-state index contributed by atoms with van der Waals surface area (Å²) in [5.74, 6) is -3.46. The minimum Gasteiger partial charge on any atom is -0.507 e. The van der Waals surface area contributed by atoms with E-state index in [0.717, 1.165) is 22.3 Å². The molecule has 1 fully saturated rings. The number of phenols is 1. The number of carbonyl (C=O) groups excluding carboxylic acids is 4. The van der Waals surface area contributed by atoms with Crippen molar-refractivity contribution in [3.8, 4) is 5.75 Å². The van der Waals surface area contributed by atoms with Gasteiger partial charge in [0.05, 0.1) is 17.5 Å². The van der Waals surface area contributed by atoms with Gasteiger partial charge < -0.3 is 10.4 Å². The maximum Gasteiger partial charge on any atom is 0.238 e. The molecule has 4 unspecified atom stereocenters. The topological polar surface area (TPSA) is 104 Å². The first-order valence-electron chi connectivity index (χ1n) is 15.5. The number of nitrogens with zero attached hydrogens (tertiary/aromatic N) is 1. The Labute approximate surface area is 265 Å². The Morgan fingerprint density at radius 2 is 1.50 bits per heavy atom. The number of nitrogens with one attached hydrogen (secondary N) is 1. The molecule has 0 radical (unpaired) electrons. The summed E-state index contributed by atoms with van der Waals surface area (Å²) in [7, 11) is 0. The molecule has 7 nitrogen and oxygen atoms in total. The van der Waals surface area contributed by atoms with Crippen molar-refractivity contribution in [3.63, 3.8) is 0 Å². The van der Waals surface area contributed by atoms with E-state index in [1.165, 1.54) is 11.0 Å². The van der Waals surface area contributed by atoms with E-state index in [0.29, 0.717) is 39.8 Å². The van der Waals surface area contributed by atoms with Gasteiger partial charge in [-0.15, -0.1) is 0 Å². The summed E-state index contributed by atoms with van der Waals surface area (Å²) in [6.07, 6.45) is 3.87. The summed E-state index contributed by atoms with van der Waals surface area (Å²) in [4.78, 5) is 56.7. The van der Waals surface area contributed by atoms with Crippen LogP contribution in [0.1, 0.15) is 31.2 Å². The van der Waals surface area contributed by atoms with Crippen molar-refractivity contribution in [3.05, 3.63) is 131 Å². The number of ketones is 2. The molecular formula is C39H30N2O5. The van der Waals surface area contributed by atoms with Gasteiger partial charge >= 0.3 is 0 Å². The third-order valence-electron chi connectivity index (χ3n) is 9.99. The third-order valence-corrected chi connectivity index (χ3v) is 9.99. The highest BCUT2D eigenvalue weighted by Crippen LogP contribution is 2.56. The summed E-state index contributed by atoms with van der Waals surface area (Å²) in [6, 6.07) is 28.1. The number of hydrogen-bond acceptors (Lipinski definition) is 6. The van der Waals surface area contributed by atoms with Gasteiger partial charge in [-0.05, 0) is 73.5 Å². The molecule has 8 rings (SSSR count). The summed E-state index contributed by atoms with van der Waals surface area (Å²) in [5.41, 5.74) is 4.65. The fourth-order valence-corrected chi connectivity index (χ4v) is 7.88. The predicted octanol–water partition coefficient (Wildman–Crippen LogP) is 6.92. The van der Waals surface area contributed by atoms with E-state index in [1.807, 2.05) is 84.9 Å². The molecule has 0 bridgehead atoms. The van der Waals surface area contributed by atoms with Gasteiger partial charge in [-0.2, -0.15) is 0 Å². The molecule has 4 aromatic rings. The van der Waals surface area contributed by atoms with Crippen molar-refractivity contribution in [1.29, 1.82) is 0 Å². The zero-order chi connectivity index (χ0) is 31.7. The van der Waals surface area contributed by atoms with E-state index >= 15 is 0 Å². The second-order valence-corrected chi connectivity index (χ2v) is 12.5. The van der Waals surface area contributed by atoms with Crippen molar-refractivity contribution >= 4 is 51.2 Å². The fourth-order valence-electron chi connectivity index (χ4n) is 7.88. The summed E-state index contributed by atoms with van der Waals surface area (Å²) in [6.45, 7) is 1.63. The van der Waals surface area contributed by atoms with Crippen LogP contribution >= 0.6 is 0 Å². The van der Waals surface area contributed by atoms with E-state index < -0.39 is 23.7 Å². The molecule has 2 amide bonds. The largest absolute Gasteiger partial charge is 0.507 e. The van der Waals surface area contributed by atoms with Gasteiger partial charge in [0.15, 0.2) is 11.6 Å². The molecule has 1 aliphatic heterocycles. The molecule has 46 heavy (non-hydrogen) atoms. The van der Waals surface area contributed by atoms with Crippen LogP contribution in [0.2, 0.25) is 0 Å². The summed E-state index contributed by atoms with van der Waals surface area (Å²) in [5, 5.41) is 16.4. The normalized spacial score (nSPS) is 24.0. The number of phenolic OH excluding ortho intramolecular Hbond substituents is 1. The van der Waals surface area contributed by atoms with Crippen molar-refractivity contribution in [2.75, 3.05) is 10.2 Å². The lowest BCUT2D eigenvalue weighted by atomic mass is 9.59. The SMILES string of the molecule is CC1=CC(=O)C2=C(CC3C(=CCC4C(=O)N(c5ccc(Nc6ccccc6)cc5)C(=O)C43)C2c2ccc3ccccc3c2O)C1=O. The highest BCUT2D eigenvalue weighted by atomic mass is 16.3. The standard InChI is InChI=1S/C39H30N2O5/c1-21-19-32(42)35-31(36(21)43)20-30-27(33(35)28-16-11-22-7-5-6-10-26(22)37(28)44)17-18-29-34(30)39(46)41(38(29)45)25-14-12-24(13-15-25)40-23-8-3-2-4-9-23/h2-17,19,29-30,33-34,40,44H,18,20H2,1H3. The van der Waals surface area contributed by atoms with E-state index in [4.69, 9.17) is 0 Å². The van der Waals surface area contributed by atoms with Crippen LogP contribution in [-0.2, 0) is 19.2 Å². The summed E-state index contributed by atoms with van der Waals surface area (Å²) >= 11 is 0. The zero-order valence-electron chi connectivity index (χ0n) is 25.1. The number of Topliss-reactive ketones (excluding diaryl/α,β-unsaturated/α-hetero) is 1. The summed E-state index contributed by atoms with van der Waals surface area (Å²) < 4.78 is 0. The van der Waals surface area contributed by atoms with Gasteiger partial charge in [0, 0.05) is 45.0 Å². The van der Waals surface area contributed by atoms with Crippen molar-refractivity contribution in [2.45, 2.75) is 25.7 Å². The smallest absolute Gasteiger partial charge is 0.238 e. The molecule has 0 spiro atoms. The van der Waals surface area contributed by atoms with Crippen LogP contribution in [0.3, 0.4) is 0 Å². The Hall–Kier alpha value is -5.56. The molecule has 7 heteroatoms. The molecule has 4 atom stereocenters. The molecule has 0 aromatic heterocycles. The highest BCUT2D eigenvalue weighted by Gasteiger charge is 2.56. The van der Waals surface area contributed by atoms with Crippen LogP contribution in [0.4, 0.5) is 17.1 Å². The minimum atomic E-state index is -0.708. The fraction of sp³-hybridized carbons (Fsp3) is 0.179. The Balaban J connectivity index is 1.19. The second-order valence-electron chi connectivity index (χ2n) is 12.5. The third kappa shape index (κ3) is 4.19. The van der Waals surface area contributed by atoms with E-state index in [-0.39, 0.29) is 35.6 Å². The highest BCUT2D eigenvalue weighted by molar-refractivity contribution is 6.25. The number of allylic oxidation sites excluding steroid dienone is 6. The second kappa shape index (κ2) is 10.5. The molecule has 4 aromatic carbocycles. The maximum absolute atomic E-state index is 14.3. The van der Waals surface area contributed by atoms with Crippen LogP contribution in [0.5, 0.6) is 5.75 Å². The van der Waals surface area contributed by atoms with Crippen LogP contribution in [0.15, 0.2) is 125 Å². The first-order valence-corrected chi connectivity index (χ1v) is 15.5. The van der Waals surface area contributed by atoms with Gasteiger partial charge in [-0.25, -0.2) is 0 Å². The molecular weight excluding hydrogens is 576 g/mol. The Morgan fingerprint density at radius 3 is 2.28 bits per heavy atom. The number of amides is 2. The number of aromatic hydroxyl groups is 1. The zero-order valence-corrected chi connectivity index (χ0v) is 25.1. The molecule has 2 N–H and O–H groups in total. The van der Waals surface area contributed by atoms with E-state index in [2.05, 4.69) is 5.32 Å². The molecule has 0 saturated carbocycles. The number of anilines is 3. The van der Waals surface area contributed by atoms with Gasteiger partial charge in [-0.3, -0.25) is 24.1 Å². The maximum atomic E-state index is 14.3. The van der Waals surface area contributed by atoms with Gasteiger partial charge in [0.2, 0.25) is 11.8 Å².